The van der Waals surface area contributed by atoms with E-state index in [-0.39, 0.29) is 23.2 Å². The maximum atomic E-state index is 12.9. The first kappa shape index (κ1) is 18.8. The number of fused-ring (bicyclic) bond motifs is 1. The van der Waals surface area contributed by atoms with Crippen molar-refractivity contribution in [1.82, 2.24) is 15.0 Å². The molecule has 0 saturated heterocycles. The van der Waals surface area contributed by atoms with Crippen molar-refractivity contribution in [2.75, 3.05) is 4.72 Å². The van der Waals surface area contributed by atoms with Crippen molar-refractivity contribution in [2.24, 2.45) is 0 Å². The molecule has 8 heteroatoms. The molecule has 0 aliphatic heterocycles. The SMILES string of the molecule is Cc1ccccc1S(=O)(=O)Nc1nc2ccccc2nc1OCc1ccccn1. The van der Waals surface area contributed by atoms with Gasteiger partial charge in [0.15, 0.2) is 0 Å². The van der Waals surface area contributed by atoms with Gasteiger partial charge in [-0.1, -0.05) is 36.4 Å². The Hall–Kier alpha value is -3.52. The number of rotatable bonds is 6. The minimum absolute atomic E-state index is 0.0304. The summed E-state index contributed by atoms with van der Waals surface area (Å²) in [6.45, 7) is 1.87. The van der Waals surface area contributed by atoms with Crippen LogP contribution in [0.2, 0.25) is 0 Å². The second-order valence-electron chi connectivity index (χ2n) is 6.35. The summed E-state index contributed by atoms with van der Waals surface area (Å²) < 4.78 is 34.2. The predicted octanol–water partition coefficient (Wildman–Crippen LogP) is 3.71. The van der Waals surface area contributed by atoms with Crippen LogP contribution < -0.4 is 9.46 Å². The first-order valence-electron chi connectivity index (χ1n) is 8.91. The van der Waals surface area contributed by atoms with E-state index in [4.69, 9.17) is 4.74 Å². The molecule has 2 aromatic heterocycles. The minimum Gasteiger partial charge on any atom is -0.469 e. The fourth-order valence-electron chi connectivity index (χ4n) is 2.82. The summed E-state index contributed by atoms with van der Waals surface area (Å²) in [7, 11) is -3.87. The molecule has 0 bridgehead atoms. The van der Waals surface area contributed by atoms with Crippen LogP contribution in [0.3, 0.4) is 0 Å². The van der Waals surface area contributed by atoms with Crippen molar-refractivity contribution in [3.05, 3.63) is 84.2 Å². The van der Waals surface area contributed by atoms with Crippen LogP contribution in [0.4, 0.5) is 5.82 Å². The Morgan fingerprint density at radius 3 is 2.31 bits per heavy atom. The first-order valence-corrected chi connectivity index (χ1v) is 10.4. The average molecular weight is 406 g/mol. The summed E-state index contributed by atoms with van der Waals surface area (Å²) in [5.74, 6) is 0.120. The molecule has 0 spiro atoms. The molecule has 2 heterocycles. The third-order valence-electron chi connectivity index (χ3n) is 4.24. The molecular weight excluding hydrogens is 388 g/mol. The number of aryl methyl sites for hydroxylation is 1. The van der Waals surface area contributed by atoms with Crippen LogP contribution in [-0.2, 0) is 16.6 Å². The van der Waals surface area contributed by atoms with Crippen molar-refractivity contribution < 1.29 is 13.2 Å². The molecule has 0 atom stereocenters. The molecular formula is C21H18N4O3S. The number of hydrogen-bond acceptors (Lipinski definition) is 6. The van der Waals surface area contributed by atoms with E-state index in [1.807, 2.05) is 24.3 Å². The Labute approximate surface area is 168 Å². The molecule has 0 aliphatic carbocycles. The van der Waals surface area contributed by atoms with Crippen molar-refractivity contribution in [2.45, 2.75) is 18.4 Å². The highest BCUT2D eigenvalue weighted by atomic mass is 32.2. The number of hydrogen-bond donors (Lipinski definition) is 1. The molecule has 1 N–H and O–H groups in total. The molecule has 0 radical (unpaired) electrons. The van der Waals surface area contributed by atoms with Gasteiger partial charge in [-0.2, -0.15) is 0 Å². The van der Waals surface area contributed by atoms with Gasteiger partial charge in [-0.15, -0.1) is 0 Å². The van der Waals surface area contributed by atoms with Gasteiger partial charge in [-0.25, -0.2) is 18.4 Å². The summed E-state index contributed by atoms with van der Waals surface area (Å²) in [5, 5.41) is 0. The molecule has 2 aromatic carbocycles. The summed E-state index contributed by atoms with van der Waals surface area (Å²) in [6.07, 6.45) is 1.66. The van der Waals surface area contributed by atoms with Gasteiger partial charge in [-0.05, 0) is 42.8 Å². The Bertz CT molecular complexity index is 1260. The van der Waals surface area contributed by atoms with Crippen LogP contribution >= 0.6 is 0 Å². The molecule has 0 amide bonds. The normalized spacial score (nSPS) is 11.3. The summed E-state index contributed by atoms with van der Waals surface area (Å²) in [6, 6.07) is 19.4. The van der Waals surface area contributed by atoms with Crippen LogP contribution in [0.15, 0.2) is 77.8 Å². The van der Waals surface area contributed by atoms with E-state index in [1.54, 1.807) is 55.6 Å². The third-order valence-corrected chi connectivity index (χ3v) is 5.73. The number of anilines is 1. The minimum atomic E-state index is -3.87. The van der Waals surface area contributed by atoms with Crippen molar-refractivity contribution >= 4 is 26.9 Å². The number of para-hydroxylation sites is 2. The number of benzene rings is 2. The zero-order chi connectivity index (χ0) is 20.3. The third kappa shape index (κ3) is 4.17. The summed E-state index contributed by atoms with van der Waals surface area (Å²) in [5.41, 5.74) is 2.47. The van der Waals surface area contributed by atoms with Crippen molar-refractivity contribution in [3.8, 4) is 5.88 Å². The molecule has 7 nitrogen and oxygen atoms in total. The van der Waals surface area contributed by atoms with E-state index in [1.165, 1.54) is 0 Å². The molecule has 29 heavy (non-hydrogen) atoms. The van der Waals surface area contributed by atoms with Crippen molar-refractivity contribution in [1.29, 1.82) is 0 Å². The quantitative estimate of drug-likeness (QED) is 0.525. The molecule has 0 aliphatic rings. The lowest BCUT2D eigenvalue weighted by atomic mass is 10.2. The van der Waals surface area contributed by atoms with Crippen LogP contribution in [-0.4, -0.2) is 23.4 Å². The average Bonchev–Trinajstić information content (AvgIpc) is 2.73. The van der Waals surface area contributed by atoms with Gasteiger partial charge in [-0.3, -0.25) is 9.71 Å². The highest BCUT2D eigenvalue weighted by Crippen LogP contribution is 2.27. The maximum Gasteiger partial charge on any atom is 0.263 e. The van der Waals surface area contributed by atoms with Gasteiger partial charge >= 0.3 is 0 Å². The Morgan fingerprint density at radius 1 is 0.897 bits per heavy atom. The number of sulfonamides is 1. The van der Waals surface area contributed by atoms with E-state index in [2.05, 4.69) is 19.7 Å². The lowest BCUT2D eigenvalue weighted by Crippen LogP contribution is -2.16. The monoisotopic (exact) mass is 406 g/mol. The second kappa shape index (κ2) is 7.84. The van der Waals surface area contributed by atoms with Gasteiger partial charge < -0.3 is 4.74 Å². The van der Waals surface area contributed by atoms with Gasteiger partial charge in [0, 0.05) is 6.20 Å². The standard InChI is InChI=1S/C21H18N4O3S/c1-15-8-2-5-12-19(15)29(26,27)25-20-21(28-14-16-9-6-7-13-22-16)24-18-11-4-3-10-17(18)23-20/h2-13H,14H2,1H3,(H,23,25). The number of nitrogens with one attached hydrogen (secondary N) is 1. The zero-order valence-corrected chi connectivity index (χ0v) is 16.4. The van der Waals surface area contributed by atoms with E-state index >= 15 is 0 Å². The van der Waals surface area contributed by atoms with E-state index in [0.29, 0.717) is 22.3 Å². The summed E-state index contributed by atoms with van der Waals surface area (Å²) in [4.78, 5) is 13.3. The molecule has 146 valence electrons. The highest BCUT2D eigenvalue weighted by molar-refractivity contribution is 7.92. The second-order valence-corrected chi connectivity index (χ2v) is 8.00. The maximum absolute atomic E-state index is 12.9. The Balaban J connectivity index is 1.72. The molecule has 4 rings (SSSR count). The first-order chi connectivity index (χ1) is 14.0. The number of ether oxygens (including phenoxy) is 1. The van der Waals surface area contributed by atoms with Crippen LogP contribution in [0.5, 0.6) is 5.88 Å². The van der Waals surface area contributed by atoms with Gasteiger partial charge in [0.1, 0.15) is 6.61 Å². The fraction of sp³-hybridized carbons (Fsp3) is 0.0952. The van der Waals surface area contributed by atoms with E-state index in [9.17, 15) is 8.42 Å². The molecule has 4 aromatic rings. The fourth-order valence-corrected chi connectivity index (χ4v) is 4.06. The van der Waals surface area contributed by atoms with Gasteiger partial charge in [0.25, 0.3) is 15.9 Å². The van der Waals surface area contributed by atoms with Crippen molar-refractivity contribution in [3.63, 3.8) is 0 Å². The van der Waals surface area contributed by atoms with Gasteiger partial charge in [0.05, 0.1) is 21.6 Å². The lowest BCUT2D eigenvalue weighted by Gasteiger charge is -2.14. The number of aromatic nitrogens is 3. The van der Waals surface area contributed by atoms with Crippen LogP contribution in [0.25, 0.3) is 11.0 Å². The number of nitrogens with zero attached hydrogens (tertiary/aromatic N) is 3. The van der Waals surface area contributed by atoms with Gasteiger partial charge in [0.2, 0.25) is 5.82 Å². The zero-order valence-electron chi connectivity index (χ0n) is 15.6. The Kier molecular flexibility index (Phi) is 5.09. The molecule has 0 fully saturated rings. The molecule has 0 unspecified atom stereocenters. The molecule has 0 saturated carbocycles. The lowest BCUT2D eigenvalue weighted by molar-refractivity contribution is 0.291. The van der Waals surface area contributed by atoms with Crippen LogP contribution in [0, 0.1) is 6.92 Å². The number of pyridine rings is 1. The van der Waals surface area contributed by atoms with E-state index in [0.717, 1.165) is 0 Å². The smallest absolute Gasteiger partial charge is 0.263 e. The highest BCUT2D eigenvalue weighted by Gasteiger charge is 2.21. The Morgan fingerprint density at radius 2 is 1.59 bits per heavy atom. The van der Waals surface area contributed by atoms with E-state index < -0.39 is 10.0 Å². The largest absolute Gasteiger partial charge is 0.469 e. The summed E-state index contributed by atoms with van der Waals surface area (Å²) >= 11 is 0. The topological polar surface area (TPSA) is 94.1 Å². The van der Waals surface area contributed by atoms with Crippen LogP contribution in [0.1, 0.15) is 11.3 Å². The predicted molar refractivity (Wildman–Crippen MR) is 110 cm³/mol.